The zero-order valence-corrected chi connectivity index (χ0v) is 16.8. The van der Waals surface area contributed by atoms with Crippen molar-refractivity contribution in [2.24, 2.45) is 10.2 Å². The Kier molecular flexibility index (Phi) is 5.81. The highest BCUT2D eigenvalue weighted by atomic mass is 32.2. The monoisotopic (exact) mass is 411 g/mol. The zero-order valence-electron chi connectivity index (χ0n) is 16.0. The van der Waals surface area contributed by atoms with Gasteiger partial charge in [-0.25, -0.2) is 23.8 Å². The van der Waals surface area contributed by atoms with E-state index in [2.05, 4.69) is 15.8 Å². The second-order valence-corrected chi connectivity index (χ2v) is 7.95. The lowest BCUT2D eigenvalue weighted by Crippen LogP contribution is -2.24. The van der Waals surface area contributed by atoms with Crippen LogP contribution in [0.5, 0.6) is 0 Å². The molecular formula is C20H21N5O3S. The molecule has 4 N–H and O–H groups in total. The minimum Gasteiger partial charge on any atom is -0.318 e. The van der Waals surface area contributed by atoms with Crippen molar-refractivity contribution < 1.29 is 13.2 Å². The van der Waals surface area contributed by atoms with Gasteiger partial charge in [0.15, 0.2) is 0 Å². The molecule has 0 aliphatic heterocycles. The molecule has 1 heterocycles. The van der Waals surface area contributed by atoms with E-state index in [0.29, 0.717) is 5.69 Å². The van der Waals surface area contributed by atoms with Crippen LogP contribution in [-0.2, 0) is 10.0 Å². The van der Waals surface area contributed by atoms with Crippen molar-refractivity contribution in [2.45, 2.75) is 18.7 Å². The van der Waals surface area contributed by atoms with Crippen LogP contribution in [0.1, 0.15) is 17.0 Å². The minimum absolute atomic E-state index is 0.0547. The van der Waals surface area contributed by atoms with Gasteiger partial charge in [-0.1, -0.05) is 18.2 Å². The topological polar surface area (TPSA) is 119 Å². The third-order valence-electron chi connectivity index (χ3n) is 4.30. The smallest absolute Gasteiger partial charge is 0.318 e. The van der Waals surface area contributed by atoms with Gasteiger partial charge in [0.1, 0.15) is 0 Å². The number of hydrogen-bond acceptors (Lipinski definition) is 4. The van der Waals surface area contributed by atoms with Gasteiger partial charge in [0.2, 0.25) is 10.0 Å². The standard InChI is InChI=1S/C20H21N5O3S/c1-14-12-16(13-22-24-20(26)23-17-6-4-3-5-7-17)15(2)25(14)18-8-10-19(11-9-18)29(21,27)28/h3-13H,1-2H3,(H2,21,27,28)(H2,23,24,26)/b22-13+. The van der Waals surface area contributed by atoms with Crippen LogP contribution >= 0.6 is 0 Å². The lowest BCUT2D eigenvalue weighted by molar-refractivity contribution is 0.252. The number of carbonyl (C=O) groups is 1. The molecule has 0 bridgehead atoms. The molecule has 2 amide bonds. The fraction of sp³-hybridized carbons (Fsp3) is 0.100. The van der Waals surface area contributed by atoms with E-state index in [9.17, 15) is 13.2 Å². The summed E-state index contributed by atoms with van der Waals surface area (Å²) in [5.41, 5.74) is 6.53. The molecule has 150 valence electrons. The molecule has 0 fully saturated rings. The normalized spacial score (nSPS) is 11.6. The number of para-hydroxylation sites is 1. The fourth-order valence-electron chi connectivity index (χ4n) is 2.94. The number of sulfonamides is 1. The van der Waals surface area contributed by atoms with Gasteiger partial charge in [0.25, 0.3) is 0 Å². The Labute approximate surface area is 169 Å². The van der Waals surface area contributed by atoms with Crippen molar-refractivity contribution in [3.8, 4) is 5.69 Å². The number of urea groups is 1. The van der Waals surface area contributed by atoms with E-state index in [0.717, 1.165) is 22.6 Å². The maximum absolute atomic E-state index is 11.9. The number of primary sulfonamides is 1. The molecule has 0 atom stereocenters. The highest BCUT2D eigenvalue weighted by Gasteiger charge is 2.12. The van der Waals surface area contributed by atoms with Crippen molar-refractivity contribution in [1.29, 1.82) is 0 Å². The van der Waals surface area contributed by atoms with Crippen LogP contribution in [0, 0.1) is 13.8 Å². The third kappa shape index (κ3) is 4.89. The van der Waals surface area contributed by atoms with Crippen molar-refractivity contribution >= 4 is 28.0 Å². The summed E-state index contributed by atoms with van der Waals surface area (Å²) in [5, 5.41) is 11.8. The summed E-state index contributed by atoms with van der Waals surface area (Å²) in [7, 11) is -3.74. The Bertz CT molecular complexity index is 1150. The summed E-state index contributed by atoms with van der Waals surface area (Å²) in [6.45, 7) is 3.83. The second kappa shape index (κ2) is 8.29. The van der Waals surface area contributed by atoms with Gasteiger partial charge < -0.3 is 9.88 Å². The quantitative estimate of drug-likeness (QED) is 0.442. The molecule has 9 heteroatoms. The predicted molar refractivity (Wildman–Crippen MR) is 113 cm³/mol. The van der Waals surface area contributed by atoms with E-state index in [1.165, 1.54) is 12.1 Å². The Morgan fingerprint density at radius 2 is 1.72 bits per heavy atom. The Balaban J connectivity index is 1.74. The van der Waals surface area contributed by atoms with E-state index in [4.69, 9.17) is 5.14 Å². The summed E-state index contributed by atoms with van der Waals surface area (Å²) < 4.78 is 24.8. The van der Waals surface area contributed by atoms with Gasteiger partial charge in [-0.2, -0.15) is 5.10 Å². The van der Waals surface area contributed by atoms with E-state index in [1.54, 1.807) is 30.5 Å². The molecule has 3 rings (SSSR count). The molecule has 29 heavy (non-hydrogen) atoms. The van der Waals surface area contributed by atoms with Gasteiger partial charge in [-0.15, -0.1) is 0 Å². The van der Waals surface area contributed by atoms with Gasteiger partial charge >= 0.3 is 6.03 Å². The molecule has 3 aromatic rings. The number of nitrogens with two attached hydrogens (primary N) is 1. The maximum Gasteiger partial charge on any atom is 0.339 e. The van der Waals surface area contributed by atoms with Crippen LogP contribution in [0.15, 0.2) is 70.7 Å². The summed E-state index contributed by atoms with van der Waals surface area (Å²) in [5.74, 6) is 0. The van der Waals surface area contributed by atoms with Gasteiger partial charge in [-0.3, -0.25) is 0 Å². The van der Waals surface area contributed by atoms with Crippen LogP contribution in [-0.4, -0.2) is 25.2 Å². The van der Waals surface area contributed by atoms with Crippen LogP contribution < -0.4 is 15.9 Å². The number of carbonyl (C=O) groups excluding carboxylic acids is 1. The second-order valence-electron chi connectivity index (χ2n) is 6.39. The molecule has 0 aliphatic rings. The number of aryl methyl sites for hydroxylation is 1. The van der Waals surface area contributed by atoms with Gasteiger partial charge in [0, 0.05) is 28.3 Å². The first-order chi connectivity index (χ1) is 13.8. The zero-order chi connectivity index (χ0) is 21.0. The number of amides is 2. The first kappa shape index (κ1) is 20.3. The van der Waals surface area contributed by atoms with Crippen LogP contribution in [0.4, 0.5) is 10.5 Å². The maximum atomic E-state index is 11.9. The molecule has 2 aromatic carbocycles. The predicted octanol–water partition coefficient (Wildman–Crippen LogP) is 2.90. The van der Waals surface area contributed by atoms with Crippen molar-refractivity contribution in [3.05, 3.63) is 77.6 Å². The Hall–Kier alpha value is -3.43. The average molecular weight is 411 g/mol. The fourth-order valence-corrected chi connectivity index (χ4v) is 3.46. The summed E-state index contributed by atoms with van der Waals surface area (Å²) in [6.07, 6.45) is 1.56. The summed E-state index contributed by atoms with van der Waals surface area (Å²) in [6, 6.07) is 16.8. The highest BCUT2D eigenvalue weighted by molar-refractivity contribution is 7.89. The van der Waals surface area contributed by atoms with Crippen molar-refractivity contribution in [3.63, 3.8) is 0 Å². The lowest BCUT2D eigenvalue weighted by Gasteiger charge is -2.10. The Morgan fingerprint density at radius 1 is 1.07 bits per heavy atom. The molecule has 0 unspecified atom stereocenters. The van der Waals surface area contributed by atoms with E-state index in [-0.39, 0.29) is 4.90 Å². The molecule has 1 aromatic heterocycles. The van der Waals surface area contributed by atoms with Gasteiger partial charge in [-0.05, 0) is 56.3 Å². The summed E-state index contributed by atoms with van der Waals surface area (Å²) >= 11 is 0. The van der Waals surface area contributed by atoms with Gasteiger partial charge in [0.05, 0.1) is 11.1 Å². The third-order valence-corrected chi connectivity index (χ3v) is 5.22. The lowest BCUT2D eigenvalue weighted by atomic mass is 10.2. The van der Waals surface area contributed by atoms with E-state index >= 15 is 0 Å². The van der Waals surface area contributed by atoms with E-state index < -0.39 is 16.1 Å². The molecule has 0 saturated carbocycles. The molecule has 0 saturated heterocycles. The van der Waals surface area contributed by atoms with E-state index in [1.807, 2.05) is 42.7 Å². The first-order valence-electron chi connectivity index (χ1n) is 8.73. The van der Waals surface area contributed by atoms with Crippen molar-refractivity contribution in [2.75, 3.05) is 5.32 Å². The largest absolute Gasteiger partial charge is 0.339 e. The average Bonchev–Trinajstić information content (AvgIpc) is 2.95. The van der Waals surface area contributed by atoms with Crippen LogP contribution in [0.25, 0.3) is 5.69 Å². The number of aromatic nitrogens is 1. The van der Waals surface area contributed by atoms with Crippen molar-refractivity contribution in [1.82, 2.24) is 9.99 Å². The summed E-state index contributed by atoms with van der Waals surface area (Å²) in [4.78, 5) is 11.9. The molecular weight excluding hydrogens is 390 g/mol. The SMILES string of the molecule is Cc1cc(/C=N/NC(=O)Nc2ccccc2)c(C)n1-c1ccc(S(N)(=O)=O)cc1. The molecule has 8 nitrogen and oxygen atoms in total. The molecule has 0 aliphatic carbocycles. The first-order valence-corrected chi connectivity index (χ1v) is 10.3. The number of nitrogens with one attached hydrogen (secondary N) is 2. The number of rotatable bonds is 5. The number of nitrogens with zero attached hydrogens (tertiary/aromatic N) is 2. The molecule has 0 radical (unpaired) electrons. The van der Waals surface area contributed by atoms with Crippen LogP contribution in [0.2, 0.25) is 0 Å². The number of hydrogen-bond donors (Lipinski definition) is 3. The highest BCUT2D eigenvalue weighted by Crippen LogP contribution is 2.21. The van der Waals surface area contributed by atoms with Crippen LogP contribution in [0.3, 0.4) is 0 Å². The molecule has 0 spiro atoms. The minimum atomic E-state index is -3.74. The number of benzene rings is 2. The Morgan fingerprint density at radius 3 is 2.34 bits per heavy atom. The number of hydrazone groups is 1. The number of anilines is 1.